The number of carbonyl (C=O) groups excluding carboxylic acids is 1. The monoisotopic (exact) mass is 457 g/mol. The molecule has 4 rings (SSSR count). The minimum atomic E-state index is -1.01. The molecule has 1 unspecified atom stereocenters. The zero-order valence-corrected chi connectivity index (χ0v) is 20.8. The van der Waals surface area contributed by atoms with Crippen LogP contribution in [0.5, 0.6) is 0 Å². The Labute approximate surface area is 203 Å². The molecular formula is C29H35N3O2. The Hall–Kier alpha value is -3.34. The first-order chi connectivity index (χ1) is 16.6. The molecule has 5 nitrogen and oxygen atoms in total. The average molecular weight is 458 g/mol. The maximum atomic E-state index is 12.9. The number of esters is 1. The van der Waals surface area contributed by atoms with E-state index in [0.29, 0.717) is 5.69 Å². The molecule has 0 radical (unpaired) electrons. The molecule has 0 aliphatic carbocycles. The predicted octanol–water partition coefficient (Wildman–Crippen LogP) is 6.02. The number of ether oxygens (including phenoxy) is 1. The van der Waals surface area contributed by atoms with Crippen LogP contribution in [0.25, 0.3) is 0 Å². The second-order valence-electron chi connectivity index (χ2n) is 8.72. The Morgan fingerprint density at radius 3 is 1.79 bits per heavy atom. The van der Waals surface area contributed by atoms with E-state index in [1.807, 2.05) is 12.1 Å². The van der Waals surface area contributed by atoms with E-state index >= 15 is 0 Å². The van der Waals surface area contributed by atoms with Crippen molar-refractivity contribution in [3.63, 3.8) is 0 Å². The smallest absolute Gasteiger partial charge is 0.358 e. The topological polar surface area (TPSA) is 45.7 Å². The lowest BCUT2D eigenvalue weighted by molar-refractivity contribution is 0.0249. The lowest BCUT2D eigenvalue weighted by Gasteiger charge is -2.31. The number of aromatic nitrogens is 1. The van der Waals surface area contributed by atoms with Gasteiger partial charge in [-0.3, -0.25) is 0 Å². The highest BCUT2D eigenvalue weighted by molar-refractivity contribution is 5.94. The average Bonchev–Trinajstić information content (AvgIpc) is 3.19. The number of hydrogen-bond acceptors (Lipinski definition) is 5. The van der Waals surface area contributed by atoms with Crippen molar-refractivity contribution in [2.45, 2.75) is 46.1 Å². The Balaban J connectivity index is 1.82. The SMILES string of the molecule is CCCN(CCC)c1ccc(C2(c3ccc(N(CC)CC)cc3)OC(=O)c3ncccc32)cc1. The van der Waals surface area contributed by atoms with E-state index in [2.05, 4.69) is 91.0 Å². The van der Waals surface area contributed by atoms with Crippen LogP contribution in [0, 0.1) is 0 Å². The quantitative estimate of drug-likeness (QED) is 0.349. The fraction of sp³-hybridized carbons (Fsp3) is 0.379. The Morgan fingerprint density at radius 1 is 0.765 bits per heavy atom. The van der Waals surface area contributed by atoms with E-state index in [0.717, 1.165) is 61.4 Å². The first kappa shape index (κ1) is 23.8. The summed E-state index contributed by atoms with van der Waals surface area (Å²) in [4.78, 5) is 22.0. The van der Waals surface area contributed by atoms with Gasteiger partial charge in [0.05, 0.1) is 0 Å². The number of cyclic esters (lactones) is 1. The van der Waals surface area contributed by atoms with Crippen LogP contribution in [-0.4, -0.2) is 37.1 Å². The minimum Gasteiger partial charge on any atom is -0.439 e. The van der Waals surface area contributed by atoms with Crippen LogP contribution in [0.15, 0.2) is 66.9 Å². The van der Waals surface area contributed by atoms with E-state index in [1.54, 1.807) is 6.20 Å². The van der Waals surface area contributed by atoms with Crippen LogP contribution in [0.4, 0.5) is 11.4 Å². The molecule has 0 N–H and O–H groups in total. The number of pyridine rings is 1. The Kier molecular flexibility index (Phi) is 7.20. The standard InChI is InChI=1S/C29H35N3O2/c1-5-20-32(21-6-2)25-17-13-23(14-18-25)29(26-10-9-19-30-27(26)28(33)34-29)22-11-15-24(16-12-22)31(7-3)8-4/h9-19H,5-8,20-21H2,1-4H3. The molecule has 1 aromatic heterocycles. The first-order valence-electron chi connectivity index (χ1n) is 12.5. The fourth-order valence-corrected chi connectivity index (χ4v) is 5.00. The van der Waals surface area contributed by atoms with Crippen LogP contribution < -0.4 is 9.80 Å². The Bertz CT molecular complexity index is 1100. The van der Waals surface area contributed by atoms with Crippen LogP contribution >= 0.6 is 0 Å². The van der Waals surface area contributed by atoms with Crippen molar-refractivity contribution in [2.75, 3.05) is 36.0 Å². The van der Waals surface area contributed by atoms with Gasteiger partial charge in [-0.1, -0.05) is 44.2 Å². The summed E-state index contributed by atoms with van der Waals surface area (Å²) < 4.78 is 6.21. The molecule has 2 heterocycles. The van der Waals surface area contributed by atoms with Gasteiger partial charge in [-0.25, -0.2) is 9.78 Å². The van der Waals surface area contributed by atoms with Crippen LogP contribution in [-0.2, 0) is 10.3 Å². The minimum absolute atomic E-state index is 0.383. The molecule has 5 heteroatoms. The molecule has 1 atom stereocenters. The van der Waals surface area contributed by atoms with Gasteiger partial charge in [0.15, 0.2) is 11.3 Å². The summed E-state index contributed by atoms with van der Waals surface area (Å²) in [7, 11) is 0. The van der Waals surface area contributed by atoms with Gasteiger partial charge in [0.25, 0.3) is 0 Å². The number of rotatable bonds is 10. The summed E-state index contributed by atoms with van der Waals surface area (Å²) in [6.07, 6.45) is 3.85. The van der Waals surface area contributed by atoms with Gasteiger partial charge in [-0.15, -0.1) is 0 Å². The lowest BCUT2D eigenvalue weighted by Crippen LogP contribution is -2.30. The highest BCUT2D eigenvalue weighted by Crippen LogP contribution is 2.47. The summed E-state index contributed by atoms with van der Waals surface area (Å²) in [6.45, 7) is 12.6. The second-order valence-corrected chi connectivity index (χ2v) is 8.72. The third kappa shape index (κ3) is 4.15. The van der Waals surface area contributed by atoms with E-state index < -0.39 is 5.60 Å². The van der Waals surface area contributed by atoms with Crippen LogP contribution in [0.2, 0.25) is 0 Å². The molecule has 0 fully saturated rings. The largest absolute Gasteiger partial charge is 0.439 e. The van der Waals surface area contributed by atoms with Gasteiger partial charge in [-0.05, 0) is 57.0 Å². The van der Waals surface area contributed by atoms with Crippen molar-refractivity contribution in [2.24, 2.45) is 0 Å². The normalized spacial score (nSPS) is 16.8. The molecular weight excluding hydrogens is 422 g/mol. The van der Waals surface area contributed by atoms with Gasteiger partial charge in [0, 0.05) is 60.4 Å². The van der Waals surface area contributed by atoms with Gasteiger partial charge in [-0.2, -0.15) is 0 Å². The van der Waals surface area contributed by atoms with Gasteiger partial charge in [0.1, 0.15) is 0 Å². The number of hydrogen-bond donors (Lipinski definition) is 0. The summed E-state index contributed by atoms with van der Waals surface area (Å²) in [5, 5.41) is 0. The molecule has 0 saturated heterocycles. The van der Waals surface area contributed by atoms with Crippen LogP contribution in [0.3, 0.4) is 0 Å². The number of benzene rings is 2. The predicted molar refractivity (Wildman–Crippen MR) is 139 cm³/mol. The molecule has 0 spiro atoms. The molecule has 3 aromatic rings. The summed E-state index contributed by atoms with van der Waals surface area (Å²) in [5.74, 6) is -0.383. The summed E-state index contributed by atoms with van der Waals surface area (Å²) in [6, 6.07) is 20.7. The van der Waals surface area contributed by atoms with E-state index in [1.165, 1.54) is 5.69 Å². The van der Waals surface area contributed by atoms with Crippen molar-refractivity contribution in [3.05, 3.63) is 89.2 Å². The van der Waals surface area contributed by atoms with Gasteiger partial charge >= 0.3 is 5.97 Å². The van der Waals surface area contributed by atoms with Crippen molar-refractivity contribution >= 4 is 17.3 Å². The van der Waals surface area contributed by atoms with E-state index in [-0.39, 0.29) is 5.97 Å². The van der Waals surface area contributed by atoms with Crippen molar-refractivity contribution in [3.8, 4) is 0 Å². The molecule has 1 aliphatic heterocycles. The van der Waals surface area contributed by atoms with E-state index in [4.69, 9.17) is 4.74 Å². The first-order valence-corrected chi connectivity index (χ1v) is 12.5. The maximum absolute atomic E-state index is 12.9. The fourth-order valence-electron chi connectivity index (χ4n) is 5.00. The van der Waals surface area contributed by atoms with E-state index in [9.17, 15) is 4.79 Å². The highest BCUT2D eigenvalue weighted by Gasteiger charge is 2.49. The molecule has 34 heavy (non-hydrogen) atoms. The Morgan fingerprint density at radius 2 is 1.29 bits per heavy atom. The molecule has 0 saturated carbocycles. The van der Waals surface area contributed by atoms with Crippen molar-refractivity contribution in [1.29, 1.82) is 0 Å². The van der Waals surface area contributed by atoms with Gasteiger partial charge in [0.2, 0.25) is 0 Å². The number of carbonyl (C=O) groups is 1. The lowest BCUT2D eigenvalue weighted by atomic mass is 9.80. The third-order valence-corrected chi connectivity index (χ3v) is 6.65. The summed E-state index contributed by atoms with van der Waals surface area (Å²) in [5.41, 5.74) is 4.37. The number of nitrogens with zero attached hydrogens (tertiary/aromatic N) is 3. The molecule has 0 bridgehead atoms. The third-order valence-electron chi connectivity index (χ3n) is 6.65. The maximum Gasteiger partial charge on any atom is 0.358 e. The molecule has 178 valence electrons. The van der Waals surface area contributed by atoms with Crippen molar-refractivity contribution < 1.29 is 9.53 Å². The summed E-state index contributed by atoms with van der Waals surface area (Å²) >= 11 is 0. The second kappa shape index (κ2) is 10.3. The van der Waals surface area contributed by atoms with Gasteiger partial charge < -0.3 is 14.5 Å². The zero-order valence-electron chi connectivity index (χ0n) is 20.8. The molecule has 0 amide bonds. The number of fused-ring (bicyclic) bond motifs is 1. The molecule has 1 aliphatic rings. The zero-order chi connectivity index (χ0) is 24.1. The highest BCUT2D eigenvalue weighted by atomic mass is 16.6. The number of anilines is 2. The molecule has 2 aromatic carbocycles. The van der Waals surface area contributed by atoms with Crippen molar-refractivity contribution in [1.82, 2.24) is 4.98 Å². The van der Waals surface area contributed by atoms with Crippen LogP contribution in [0.1, 0.15) is 67.7 Å².